The lowest BCUT2D eigenvalue weighted by atomic mass is 10.3. The maximum atomic E-state index is 13.2. The number of rotatable bonds is 2. The number of nitrogen functional groups attached to an aromatic ring is 1. The topological polar surface area (TPSA) is 55.3 Å². The minimum absolute atomic E-state index is 0.301. The van der Waals surface area contributed by atoms with Gasteiger partial charge in [0, 0.05) is 24.5 Å². The van der Waals surface area contributed by atoms with E-state index in [0.717, 1.165) is 0 Å². The average molecular weight is 257 g/mol. The Bertz CT molecular complexity index is 738. The Labute approximate surface area is 109 Å². The van der Waals surface area contributed by atoms with Gasteiger partial charge in [-0.1, -0.05) is 6.07 Å². The van der Waals surface area contributed by atoms with Gasteiger partial charge in [-0.05, 0) is 30.3 Å². The van der Waals surface area contributed by atoms with E-state index in [1.807, 2.05) is 0 Å². The summed E-state index contributed by atoms with van der Waals surface area (Å²) in [6, 6.07) is 11.9. The second-order valence-electron chi connectivity index (χ2n) is 4.26. The normalized spacial score (nSPS) is 10.8. The van der Waals surface area contributed by atoms with E-state index in [-0.39, 0.29) is 5.82 Å². The predicted molar refractivity (Wildman–Crippen MR) is 72.9 cm³/mol. The molecule has 4 nitrogen and oxygen atoms in total. The molecule has 0 spiro atoms. The van der Waals surface area contributed by atoms with Crippen molar-refractivity contribution in [2.45, 2.75) is 0 Å². The molecule has 0 unspecified atom stereocenters. The number of aromatic nitrogens is 1. The second-order valence-corrected chi connectivity index (χ2v) is 4.26. The van der Waals surface area contributed by atoms with Gasteiger partial charge in [-0.2, -0.15) is 4.98 Å². The van der Waals surface area contributed by atoms with Crippen molar-refractivity contribution in [3.63, 3.8) is 0 Å². The summed E-state index contributed by atoms with van der Waals surface area (Å²) in [6.45, 7) is 0. The Morgan fingerprint density at radius 2 is 2.05 bits per heavy atom. The molecule has 19 heavy (non-hydrogen) atoms. The van der Waals surface area contributed by atoms with E-state index in [4.69, 9.17) is 10.2 Å². The Morgan fingerprint density at radius 1 is 1.21 bits per heavy atom. The zero-order chi connectivity index (χ0) is 13.4. The maximum absolute atomic E-state index is 13.2. The zero-order valence-electron chi connectivity index (χ0n) is 10.3. The van der Waals surface area contributed by atoms with Gasteiger partial charge in [0.15, 0.2) is 5.58 Å². The molecule has 0 radical (unpaired) electrons. The molecule has 0 aliphatic carbocycles. The van der Waals surface area contributed by atoms with E-state index in [2.05, 4.69) is 4.98 Å². The van der Waals surface area contributed by atoms with Crippen molar-refractivity contribution < 1.29 is 8.81 Å². The van der Waals surface area contributed by atoms with Gasteiger partial charge in [-0.25, -0.2) is 4.39 Å². The predicted octanol–water partition coefficient (Wildman–Crippen LogP) is 3.32. The number of nitrogens with zero attached hydrogens (tertiary/aromatic N) is 2. The van der Waals surface area contributed by atoms with Gasteiger partial charge >= 0.3 is 6.01 Å². The highest BCUT2D eigenvalue weighted by molar-refractivity contribution is 5.79. The third-order valence-electron chi connectivity index (χ3n) is 2.88. The molecular weight excluding hydrogens is 245 g/mol. The van der Waals surface area contributed by atoms with Crippen LogP contribution < -0.4 is 10.6 Å². The third-order valence-corrected chi connectivity index (χ3v) is 2.88. The fraction of sp³-hybridized carbons (Fsp3) is 0.0714. The van der Waals surface area contributed by atoms with Crippen molar-refractivity contribution in [2.24, 2.45) is 0 Å². The zero-order valence-corrected chi connectivity index (χ0v) is 10.3. The van der Waals surface area contributed by atoms with Crippen LogP contribution in [0.4, 0.5) is 21.8 Å². The summed E-state index contributed by atoms with van der Waals surface area (Å²) >= 11 is 0. The van der Waals surface area contributed by atoms with Crippen LogP contribution in [0.3, 0.4) is 0 Å². The Balaban J connectivity index is 2.04. The van der Waals surface area contributed by atoms with E-state index >= 15 is 0 Å². The number of benzene rings is 2. The fourth-order valence-corrected chi connectivity index (χ4v) is 1.87. The standard InChI is InChI=1S/C14H12FN3O/c1-18(11-4-2-3-9(15)7-11)14-17-12-6-5-10(16)8-13(12)19-14/h2-8H,16H2,1H3. The van der Waals surface area contributed by atoms with Crippen molar-refractivity contribution in [1.82, 2.24) is 4.98 Å². The van der Waals surface area contributed by atoms with Gasteiger partial charge in [0.1, 0.15) is 11.3 Å². The van der Waals surface area contributed by atoms with Crippen LogP contribution in [0.2, 0.25) is 0 Å². The number of halogens is 1. The van der Waals surface area contributed by atoms with Crippen LogP contribution in [-0.4, -0.2) is 12.0 Å². The molecule has 0 atom stereocenters. The molecule has 0 bridgehead atoms. The Hall–Kier alpha value is -2.56. The Morgan fingerprint density at radius 3 is 2.84 bits per heavy atom. The highest BCUT2D eigenvalue weighted by atomic mass is 19.1. The molecule has 0 fully saturated rings. The molecule has 2 N–H and O–H groups in total. The second kappa shape index (κ2) is 4.28. The van der Waals surface area contributed by atoms with E-state index in [0.29, 0.717) is 28.5 Å². The molecule has 2 aromatic carbocycles. The molecule has 0 aliphatic rings. The van der Waals surface area contributed by atoms with Crippen molar-refractivity contribution in [1.29, 1.82) is 0 Å². The monoisotopic (exact) mass is 257 g/mol. The Kier molecular flexibility index (Phi) is 2.59. The molecule has 5 heteroatoms. The highest BCUT2D eigenvalue weighted by Crippen LogP contribution is 2.27. The summed E-state index contributed by atoms with van der Waals surface area (Å²) < 4.78 is 18.8. The van der Waals surface area contributed by atoms with Crippen LogP contribution in [-0.2, 0) is 0 Å². The van der Waals surface area contributed by atoms with Crippen LogP contribution in [0.5, 0.6) is 0 Å². The SMILES string of the molecule is CN(c1cccc(F)c1)c1nc2ccc(N)cc2o1. The van der Waals surface area contributed by atoms with Gasteiger partial charge in [-0.15, -0.1) is 0 Å². The van der Waals surface area contributed by atoms with E-state index < -0.39 is 0 Å². The lowest BCUT2D eigenvalue weighted by Gasteiger charge is -2.13. The fourth-order valence-electron chi connectivity index (χ4n) is 1.87. The first-order valence-electron chi connectivity index (χ1n) is 5.79. The summed E-state index contributed by atoms with van der Waals surface area (Å²) in [7, 11) is 1.77. The average Bonchev–Trinajstić information content (AvgIpc) is 2.80. The lowest BCUT2D eigenvalue weighted by molar-refractivity contribution is 0.601. The van der Waals surface area contributed by atoms with Crippen molar-refractivity contribution >= 4 is 28.5 Å². The summed E-state index contributed by atoms with van der Waals surface area (Å²) in [4.78, 5) is 6.02. The number of fused-ring (bicyclic) bond motifs is 1. The number of anilines is 3. The van der Waals surface area contributed by atoms with E-state index in [9.17, 15) is 4.39 Å². The summed E-state index contributed by atoms with van der Waals surface area (Å²) in [5.41, 5.74) is 8.29. The molecule has 3 aromatic rings. The van der Waals surface area contributed by atoms with Crippen LogP contribution in [0.15, 0.2) is 46.9 Å². The van der Waals surface area contributed by atoms with Crippen LogP contribution in [0.25, 0.3) is 11.1 Å². The van der Waals surface area contributed by atoms with Gasteiger partial charge in [0.2, 0.25) is 0 Å². The van der Waals surface area contributed by atoms with E-state index in [1.165, 1.54) is 12.1 Å². The van der Waals surface area contributed by atoms with Gasteiger partial charge < -0.3 is 10.2 Å². The summed E-state index contributed by atoms with van der Waals surface area (Å²) in [6.07, 6.45) is 0. The highest BCUT2D eigenvalue weighted by Gasteiger charge is 2.12. The first-order chi connectivity index (χ1) is 9.13. The minimum atomic E-state index is -0.301. The van der Waals surface area contributed by atoms with Crippen LogP contribution >= 0.6 is 0 Å². The number of hydrogen-bond acceptors (Lipinski definition) is 4. The van der Waals surface area contributed by atoms with Gasteiger partial charge in [-0.3, -0.25) is 4.90 Å². The quantitative estimate of drug-likeness (QED) is 0.715. The molecule has 0 saturated heterocycles. The molecular formula is C14H12FN3O. The van der Waals surface area contributed by atoms with Crippen molar-refractivity contribution in [3.05, 3.63) is 48.3 Å². The van der Waals surface area contributed by atoms with E-state index in [1.54, 1.807) is 42.3 Å². The molecule has 1 heterocycles. The smallest absolute Gasteiger partial charge is 0.302 e. The summed E-state index contributed by atoms with van der Waals surface area (Å²) in [5, 5.41) is 0. The van der Waals surface area contributed by atoms with Crippen LogP contribution in [0.1, 0.15) is 0 Å². The lowest BCUT2D eigenvalue weighted by Crippen LogP contribution is -2.09. The largest absolute Gasteiger partial charge is 0.423 e. The molecule has 96 valence electrons. The molecule has 0 amide bonds. The number of oxazole rings is 1. The van der Waals surface area contributed by atoms with Crippen molar-refractivity contribution in [2.75, 3.05) is 17.7 Å². The maximum Gasteiger partial charge on any atom is 0.302 e. The minimum Gasteiger partial charge on any atom is -0.423 e. The summed E-state index contributed by atoms with van der Waals surface area (Å²) in [5.74, 6) is -0.301. The third kappa shape index (κ3) is 2.10. The number of nitrogens with two attached hydrogens (primary N) is 1. The van der Waals surface area contributed by atoms with Gasteiger partial charge in [0.05, 0.1) is 0 Å². The first kappa shape index (κ1) is 11.5. The molecule has 0 aliphatic heterocycles. The number of hydrogen-bond donors (Lipinski definition) is 1. The molecule has 1 aromatic heterocycles. The van der Waals surface area contributed by atoms with Gasteiger partial charge in [0.25, 0.3) is 0 Å². The molecule has 0 saturated carbocycles. The van der Waals surface area contributed by atoms with Crippen molar-refractivity contribution in [3.8, 4) is 0 Å². The first-order valence-corrected chi connectivity index (χ1v) is 5.79. The molecule has 3 rings (SSSR count). The van der Waals surface area contributed by atoms with Crippen LogP contribution in [0, 0.1) is 5.82 Å².